The van der Waals surface area contributed by atoms with Gasteiger partial charge in [0.05, 0.1) is 12.4 Å². The van der Waals surface area contributed by atoms with Gasteiger partial charge >= 0.3 is 0 Å². The minimum absolute atomic E-state index is 0.192. The van der Waals surface area contributed by atoms with Gasteiger partial charge in [0.15, 0.2) is 0 Å². The summed E-state index contributed by atoms with van der Waals surface area (Å²) in [5.74, 6) is 0.601. The SMILES string of the molecule is COc1ccc(CNC2CCCC(S(C)(=O)=O)C2)cn1. The van der Waals surface area contributed by atoms with Crippen LogP contribution in [0.15, 0.2) is 18.3 Å². The molecule has 1 aliphatic carbocycles. The maximum Gasteiger partial charge on any atom is 0.212 e. The van der Waals surface area contributed by atoms with Crippen molar-refractivity contribution in [3.05, 3.63) is 23.9 Å². The van der Waals surface area contributed by atoms with Crippen molar-refractivity contribution in [2.45, 2.75) is 43.5 Å². The molecule has 1 aliphatic rings. The molecular weight excluding hydrogens is 276 g/mol. The zero-order valence-corrected chi connectivity index (χ0v) is 12.8. The van der Waals surface area contributed by atoms with Crippen molar-refractivity contribution < 1.29 is 13.2 Å². The lowest BCUT2D eigenvalue weighted by atomic mass is 9.95. The molecule has 2 rings (SSSR count). The van der Waals surface area contributed by atoms with Gasteiger partial charge < -0.3 is 10.1 Å². The lowest BCUT2D eigenvalue weighted by Gasteiger charge is -2.28. The monoisotopic (exact) mass is 298 g/mol. The number of nitrogens with zero attached hydrogens (tertiary/aromatic N) is 1. The second kappa shape index (κ2) is 6.54. The van der Waals surface area contributed by atoms with Crippen LogP contribution < -0.4 is 10.1 Å². The van der Waals surface area contributed by atoms with Crippen molar-refractivity contribution >= 4 is 9.84 Å². The van der Waals surface area contributed by atoms with Crippen LogP contribution in [-0.4, -0.2) is 38.1 Å². The molecule has 0 aliphatic heterocycles. The zero-order valence-electron chi connectivity index (χ0n) is 12.0. The second-order valence-electron chi connectivity index (χ2n) is 5.40. The fourth-order valence-electron chi connectivity index (χ4n) is 2.62. The predicted molar refractivity (Wildman–Crippen MR) is 78.5 cm³/mol. The minimum atomic E-state index is -2.92. The van der Waals surface area contributed by atoms with Crippen molar-refractivity contribution in [2.24, 2.45) is 0 Å². The summed E-state index contributed by atoms with van der Waals surface area (Å²) in [5.41, 5.74) is 1.08. The number of ether oxygens (including phenoxy) is 1. The average Bonchev–Trinajstić information content (AvgIpc) is 2.45. The summed E-state index contributed by atoms with van der Waals surface area (Å²) >= 11 is 0. The quantitative estimate of drug-likeness (QED) is 0.893. The first kappa shape index (κ1) is 15.3. The maximum atomic E-state index is 11.6. The molecule has 20 heavy (non-hydrogen) atoms. The normalized spacial score (nSPS) is 23.5. The number of pyridine rings is 1. The van der Waals surface area contributed by atoms with Crippen molar-refractivity contribution in [3.8, 4) is 5.88 Å². The summed E-state index contributed by atoms with van der Waals surface area (Å²) in [6.07, 6.45) is 6.63. The van der Waals surface area contributed by atoms with Crippen LogP contribution in [0.3, 0.4) is 0 Å². The molecule has 0 saturated heterocycles. The third-order valence-corrected chi connectivity index (χ3v) is 5.47. The maximum absolute atomic E-state index is 11.6. The number of aromatic nitrogens is 1. The number of hydrogen-bond donors (Lipinski definition) is 1. The summed E-state index contributed by atoms with van der Waals surface area (Å²) in [4.78, 5) is 4.16. The Hall–Kier alpha value is -1.14. The van der Waals surface area contributed by atoms with Gasteiger partial charge in [-0.1, -0.05) is 12.5 Å². The molecule has 1 fully saturated rings. The molecule has 0 spiro atoms. The number of rotatable bonds is 5. The summed E-state index contributed by atoms with van der Waals surface area (Å²) in [6, 6.07) is 4.07. The predicted octanol–water partition coefficient (Wildman–Crippen LogP) is 1.54. The van der Waals surface area contributed by atoms with E-state index in [2.05, 4.69) is 10.3 Å². The molecule has 6 heteroatoms. The Labute approximate surface area is 120 Å². The van der Waals surface area contributed by atoms with Gasteiger partial charge in [-0.25, -0.2) is 13.4 Å². The highest BCUT2D eigenvalue weighted by atomic mass is 32.2. The fraction of sp³-hybridized carbons (Fsp3) is 0.643. The van der Waals surface area contributed by atoms with Gasteiger partial charge in [0, 0.05) is 31.1 Å². The molecule has 112 valence electrons. The number of sulfone groups is 1. The molecule has 0 radical (unpaired) electrons. The van der Waals surface area contributed by atoms with Gasteiger partial charge in [-0.15, -0.1) is 0 Å². The Morgan fingerprint density at radius 3 is 2.80 bits per heavy atom. The topological polar surface area (TPSA) is 68.3 Å². The third kappa shape index (κ3) is 4.18. The molecule has 2 unspecified atom stereocenters. The number of hydrogen-bond acceptors (Lipinski definition) is 5. The summed E-state index contributed by atoms with van der Waals surface area (Å²) in [7, 11) is -1.33. The van der Waals surface area contributed by atoms with Crippen LogP contribution >= 0.6 is 0 Å². The molecule has 5 nitrogen and oxygen atoms in total. The van der Waals surface area contributed by atoms with Crippen molar-refractivity contribution in [1.29, 1.82) is 0 Å². The van der Waals surface area contributed by atoms with E-state index < -0.39 is 9.84 Å². The fourth-order valence-corrected chi connectivity index (χ4v) is 3.79. The van der Waals surface area contributed by atoms with E-state index in [4.69, 9.17) is 4.74 Å². The van der Waals surface area contributed by atoms with Crippen LogP contribution in [0.25, 0.3) is 0 Å². The van der Waals surface area contributed by atoms with Gasteiger partial charge in [-0.3, -0.25) is 0 Å². The van der Waals surface area contributed by atoms with E-state index in [1.807, 2.05) is 12.1 Å². The zero-order chi connectivity index (χ0) is 14.6. The van der Waals surface area contributed by atoms with E-state index in [1.165, 1.54) is 6.26 Å². The first-order chi connectivity index (χ1) is 9.49. The van der Waals surface area contributed by atoms with Crippen LogP contribution in [0.1, 0.15) is 31.2 Å². The largest absolute Gasteiger partial charge is 0.481 e. The molecular formula is C14H22N2O3S. The molecule has 1 heterocycles. The molecule has 2 atom stereocenters. The number of methoxy groups -OCH3 is 1. The van der Waals surface area contributed by atoms with E-state index in [0.717, 1.165) is 24.8 Å². The van der Waals surface area contributed by atoms with Gasteiger partial charge in [0.2, 0.25) is 5.88 Å². The third-order valence-electron chi connectivity index (χ3n) is 3.83. The smallest absolute Gasteiger partial charge is 0.212 e. The highest BCUT2D eigenvalue weighted by Crippen LogP contribution is 2.24. The molecule has 0 amide bonds. The average molecular weight is 298 g/mol. The van der Waals surface area contributed by atoms with Crippen molar-refractivity contribution in [2.75, 3.05) is 13.4 Å². The molecule has 0 aromatic carbocycles. The molecule has 0 bridgehead atoms. The summed E-state index contributed by atoms with van der Waals surface area (Å²) in [6.45, 7) is 0.706. The second-order valence-corrected chi connectivity index (χ2v) is 7.73. The lowest BCUT2D eigenvalue weighted by Crippen LogP contribution is -2.38. The van der Waals surface area contributed by atoms with Crippen LogP contribution in [0.2, 0.25) is 0 Å². The van der Waals surface area contributed by atoms with E-state index in [0.29, 0.717) is 18.8 Å². The highest BCUT2D eigenvalue weighted by Gasteiger charge is 2.28. The lowest BCUT2D eigenvalue weighted by molar-refractivity contribution is 0.370. The van der Waals surface area contributed by atoms with Gasteiger partial charge in [-0.2, -0.15) is 0 Å². The van der Waals surface area contributed by atoms with Crippen LogP contribution in [0.5, 0.6) is 5.88 Å². The van der Waals surface area contributed by atoms with E-state index in [1.54, 1.807) is 13.3 Å². The van der Waals surface area contributed by atoms with E-state index in [9.17, 15) is 8.42 Å². The van der Waals surface area contributed by atoms with Gasteiger partial charge in [-0.05, 0) is 24.8 Å². The first-order valence-electron chi connectivity index (χ1n) is 6.90. The van der Waals surface area contributed by atoms with E-state index in [-0.39, 0.29) is 11.3 Å². The summed E-state index contributed by atoms with van der Waals surface area (Å²) < 4.78 is 28.3. The molecule has 1 N–H and O–H groups in total. The van der Waals surface area contributed by atoms with Crippen LogP contribution in [0, 0.1) is 0 Å². The summed E-state index contributed by atoms with van der Waals surface area (Å²) in [5, 5.41) is 3.24. The Morgan fingerprint density at radius 1 is 1.40 bits per heavy atom. The Bertz CT molecular complexity index is 528. The van der Waals surface area contributed by atoms with Crippen LogP contribution in [-0.2, 0) is 16.4 Å². The Morgan fingerprint density at radius 2 is 2.20 bits per heavy atom. The number of nitrogens with one attached hydrogen (secondary N) is 1. The molecule has 1 aromatic heterocycles. The van der Waals surface area contributed by atoms with Crippen molar-refractivity contribution in [3.63, 3.8) is 0 Å². The Balaban J connectivity index is 1.87. The van der Waals surface area contributed by atoms with Gasteiger partial charge in [0.1, 0.15) is 9.84 Å². The standard InChI is InChI=1S/C14H22N2O3S/c1-19-14-7-6-11(10-16-14)9-15-12-4-3-5-13(8-12)20(2,17)18/h6-7,10,12-13,15H,3-5,8-9H2,1-2H3. The van der Waals surface area contributed by atoms with E-state index >= 15 is 0 Å². The molecule has 1 saturated carbocycles. The Kier molecular flexibility index (Phi) is 4.99. The van der Waals surface area contributed by atoms with Crippen molar-refractivity contribution in [1.82, 2.24) is 10.3 Å². The van der Waals surface area contributed by atoms with Crippen LogP contribution in [0.4, 0.5) is 0 Å². The highest BCUT2D eigenvalue weighted by molar-refractivity contribution is 7.91. The minimum Gasteiger partial charge on any atom is -0.481 e. The first-order valence-corrected chi connectivity index (χ1v) is 8.85. The molecule has 1 aromatic rings. The van der Waals surface area contributed by atoms with Gasteiger partial charge in [0.25, 0.3) is 0 Å².